The molecule has 0 amide bonds. The van der Waals surface area contributed by atoms with Crippen LogP contribution in [0.15, 0.2) is 0 Å². The second-order valence-electron chi connectivity index (χ2n) is 4.52. The summed E-state index contributed by atoms with van der Waals surface area (Å²) in [7, 11) is 0. The fraction of sp³-hybridized carbons (Fsp3) is 0.857. The van der Waals surface area contributed by atoms with Gasteiger partial charge in [-0.25, -0.2) is 0 Å². The Morgan fingerprint density at radius 3 is 2.40 bits per heavy atom. The molecule has 15 heavy (non-hydrogen) atoms. The standard InChI is InChI=1S/C14H26O/c1-2-3-4-5-6-10-13-15-14-11-8-7-9-12-14/h7H,2-6,8-13H2,1H3. The third-order valence-electron chi connectivity index (χ3n) is 3.06. The minimum atomic E-state index is 0.960. The Morgan fingerprint density at radius 2 is 1.67 bits per heavy atom. The monoisotopic (exact) mass is 210 g/mol. The first-order chi connectivity index (χ1) is 7.43. The molecule has 1 heteroatoms. The fourth-order valence-electron chi connectivity index (χ4n) is 2.04. The van der Waals surface area contributed by atoms with Crippen LogP contribution in [0.25, 0.3) is 0 Å². The zero-order chi connectivity index (χ0) is 10.8. The second-order valence-corrected chi connectivity index (χ2v) is 4.52. The molecule has 0 N–H and O–H groups in total. The highest BCUT2D eigenvalue weighted by atomic mass is 16.5. The SMILES string of the molecule is CCCCCCCCO[C]1CC[CH]CC1. The van der Waals surface area contributed by atoms with Gasteiger partial charge in [-0.3, -0.25) is 0 Å². The van der Waals surface area contributed by atoms with Crippen LogP contribution in [0.4, 0.5) is 0 Å². The van der Waals surface area contributed by atoms with Crippen LogP contribution in [0.5, 0.6) is 0 Å². The lowest BCUT2D eigenvalue weighted by Gasteiger charge is -2.20. The molecule has 1 nitrogen and oxygen atoms in total. The van der Waals surface area contributed by atoms with E-state index in [9.17, 15) is 0 Å². The predicted molar refractivity (Wildman–Crippen MR) is 65.3 cm³/mol. The van der Waals surface area contributed by atoms with Crippen LogP contribution in [0.3, 0.4) is 0 Å². The molecule has 1 aliphatic carbocycles. The van der Waals surface area contributed by atoms with E-state index in [0.717, 1.165) is 6.61 Å². The van der Waals surface area contributed by atoms with Crippen molar-refractivity contribution in [1.82, 2.24) is 0 Å². The Balaban J connectivity index is 1.79. The maximum absolute atomic E-state index is 5.79. The number of rotatable bonds is 8. The van der Waals surface area contributed by atoms with Crippen molar-refractivity contribution in [2.45, 2.75) is 71.1 Å². The zero-order valence-electron chi connectivity index (χ0n) is 10.3. The Morgan fingerprint density at radius 1 is 1.00 bits per heavy atom. The molecular formula is C14H26O. The topological polar surface area (TPSA) is 9.23 Å². The number of hydrogen-bond acceptors (Lipinski definition) is 1. The first-order valence-corrected chi connectivity index (χ1v) is 6.72. The zero-order valence-corrected chi connectivity index (χ0v) is 10.3. The summed E-state index contributed by atoms with van der Waals surface area (Å²) in [5.74, 6) is 0. The smallest absolute Gasteiger partial charge is 0.0970 e. The lowest BCUT2D eigenvalue weighted by molar-refractivity contribution is 0.116. The van der Waals surface area contributed by atoms with E-state index in [1.165, 1.54) is 70.3 Å². The van der Waals surface area contributed by atoms with Gasteiger partial charge >= 0.3 is 0 Å². The number of unbranched alkanes of at least 4 members (excludes halogenated alkanes) is 5. The van der Waals surface area contributed by atoms with Crippen molar-refractivity contribution in [1.29, 1.82) is 0 Å². The lowest BCUT2D eigenvalue weighted by Crippen LogP contribution is -2.09. The van der Waals surface area contributed by atoms with Gasteiger partial charge in [0.05, 0.1) is 6.10 Å². The van der Waals surface area contributed by atoms with Gasteiger partial charge in [-0.1, -0.05) is 39.0 Å². The Labute approximate surface area is 95.6 Å². The normalized spacial score (nSPS) is 18.2. The molecule has 0 atom stereocenters. The van der Waals surface area contributed by atoms with Crippen molar-refractivity contribution in [2.24, 2.45) is 0 Å². The van der Waals surface area contributed by atoms with Gasteiger partial charge in [0.1, 0.15) is 0 Å². The van der Waals surface area contributed by atoms with Crippen molar-refractivity contribution < 1.29 is 4.74 Å². The summed E-state index contributed by atoms with van der Waals surface area (Å²) in [4.78, 5) is 0. The summed E-state index contributed by atoms with van der Waals surface area (Å²) in [6, 6.07) is 0. The molecule has 0 spiro atoms. The summed E-state index contributed by atoms with van der Waals surface area (Å²) in [6.07, 6.45) is 16.7. The first kappa shape index (κ1) is 13.0. The lowest BCUT2D eigenvalue weighted by atomic mass is 9.98. The van der Waals surface area contributed by atoms with Crippen LogP contribution in [-0.4, -0.2) is 6.61 Å². The van der Waals surface area contributed by atoms with E-state index < -0.39 is 0 Å². The molecule has 0 saturated heterocycles. The quantitative estimate of drug-likeness (QED) is 0.529. The highest BCUT2D eigenvalue weighted by molar-refractivity contribution is 4.89. The molecule has 1 aliphatic rings. The van der Waals surface area contributed by atoms with Crippen LogP contribution in [0.2, 0.25) is 0 Å². The molecule has 0 bridgehead atoms. The van der Waals surface area contributed by atoms with Crippen LogP contribution >= 0.6 is 0 Å². The minimum Gasteiger partial charge on any atom is -0.372 e. The summed E-state index contributed by atoms with van der Waals surface area (Å²) in [5, 5.41) is 0. The van der Waals surface area contributed by atoms with Crippen molar-refractivity contribution in [2.75, 3.05) is 6.61 Å². The summed E-state index contributed by atoms with van der Waals surface area (Å²) < 4.78 is 5.79. The van der Waals surface area contributed by atoms with Gasteiger partial charge in [0.2, 0.25) is 0 Å². The molecule has 0 aromatic heterocycles. The Hall–Kier alpha value is -0.0400. The summed E-state index contributed by atoms with van der Waals surface area (Å²) >= 11 is 0. The van der Waals surface area contributed by atoms with Gasteiger partial charge in [-0.15, -0.1) is 0 Å². The summed E-state index contributed by atoms with van der Waals surface area (Å²) in [5.41, 5.74) is 0. The molecule has 0 unspecified atom stereocenters. The third-order valence-corrected chi connectivity index (χ3v) is 3.06. The third kappa shape index (κ3) is 6.94. The molecule has 1 rings (SSSR count). The van der Waals surface area contributed by atoms with Crippen LogP contribution in [-0.2, 0) is 4.74 Å². The summed E-state index contributed by atoms with van der Waals surface area (Å²) in [6.45, 7) is 3.22. The van der Waals surface area contributed by atoms with Crippen LogP contribution in [0, 0.1) is 12.5 Å². The van der Waals surface area contributed by atoms with E-state index in [-0.39, 0.29) is 0 Å². The van der Waals surface area contributed by atoms with Crippen molar-refractivity contribution in [3.8, 4) is 0 Å². The molecule has 0 aromatic carbocycles. The Bertz CT molecular complexity index is 127. The number of hydrogen-bond donors (Lipinski definition) is 0. The van der Waals surface area contributed by atoms with Gasteiger partial charge < -0.3 is 4.74 Å². The van der Waals surface area contributed by atoms with Crippen LogP contribution in [0.1, 0.15) is 71.1 Å². The average molecular weight is 210 g/mol. The molecule has 0 aromatic rings. The fourth-order valence-corrected chi connectivity index (χ4v) is 2.04. The molecule has 88 valence electrons. The minimum absolute atomic E-state index is 0.960. The molecule has 1 saturated carbocycles. The largest absolute Gasteiger partial charge is 0.372 e. The van der Waals surface area contributed by atoms with Gasteiger partial charge in [0.25, 0.3) is 0 Å². The van der Waals surface area contributed by atoms with Crippen LogP contribution < -0.4 is 0 Å². The molecule has 1 fully saturated rings. The Kier molecular flexibility index (Phi) is 7.99. The molecule has 0 aliphatic heterocycles. The predicted octanol–water partition coefficient (Wildman–Crippen LogP) is 4.67. The van der Waals surface area contributed by atoms with Crippen molar-refractivity contribution in [3.05, 3.63) is 12.5 Å². The highest BCUT2D eigenvalue weighted by Crippen LogP contribution is 2.25. The van der Waals surface area contributed by atoms with E-state index in [1.807, 2.05) is 0 Å². The van der Waals surface area contributed by atoms with E-state index >= 15 is 0 Å². The van der Waals surface area contributed by atoms with Gasteiger partial charge in [-0.2, -0.15) is 0 Å². The van der Waals surface area contributed by atoms with E-state index in [0.29, 0.717) is 0 Å². The van der Waals surface area contributed by atoms with Gasteiger partial charge in [0.15, 0.2) is 0 Å². The van der Waals surface area contributed by atoms with Crippen molar-refractivity contribution in [3.63, 3.8) is 0 Å². The van der Waals surface area contributed by atoms with E-state index in [4.69, 9.17) is 4.74 Å². The van der Waals surface area contributed by atoms with Crippen molar-refractivity contribution >= 4 is 0 Å². The van der Waals surface area contributed by atoms with Gasteiger partial charge in [-0.05, 0) is 38.5 Å². The first-order valence-electron chi connectivity index (χ1n) is 6.72. The van der Waals surface area contributed by atoms with E-state index in [2.05, 4.69) is 13.3 Å². The number of ether oxygens (including phenoxy) is 1. The maximum atomic E-state index is 5.79. The molecular weight excluding hydrogens is 184 g/mol. The average Bonchev–Trinajstić information content (AvgIpc) is 2.29. The molecule has 0 heterocycles. The highest BCUT2D eigenvalue weighted by Gasteiger charge is 2.14. The maximum Gasteiger partial charge on any atom is 0.0970 e. The van der Waals surface area contributed by atoms with E-state index in [1.54, 1.807) is 0 Å². The molecule has 2 radical (unpaired) electrons. The van der Waals surface area contributed by atoms with Gasteiger partial charge in [0, 0.05) is 6.61 Å². The second kappa shape index (κ2) is 9.21.